The summed E-state index contributed by atoms with van der Waals surface area (Å²) in [5.74, 6) is -0.228. The molecule has 19 heavy (non-hydrogen) atoms. The van der Waals surface area contributed by atoms with Gasteiger partial charge in [0.15, 0.2) is 0 Å². The van der Waals surface area contributed by atoms with Crippen molar-refractivity contribution in [1.82, 2.24) is 0 Å². The fourth-order valence-corrected chi connectivity index (χ4v) is 2.44. The summed E-state index contributed by atoms with van der Waals surface area (Å²) in [6, 6.07) is 10.6. The Labute approximate surface area is 125 Å². The van der Waals surface area contributed by atoms with Gasteiger partial charge < -0.3 is 5.32 Å². The minimum Gasteiger partial charge on any atom is -0.378 e. The van der Waals surface area contributed by atoms with Gasteiger partial charge in [0.2, 0.25) is 0 Å². The van der Waals surface area contributed by atoms with Crippen molar-refractivity contribution in [2.24, 2.45) is 0 Å². The first-order chi connectivity index (χ1) is 8.99. The monoisotopic (exact) mass is 341 g/mol. The molecule has 1 N–H and O–H groups in total. The van der Waals surface area contributed by atoms with E-state index in [2.05, 4.69) is 21.2 Å². The highest BCUT2D eigenvalue weighted by atomic mass is 79.9. The maximum Gasteiger partial charge on any atom is 0.129 e. The number of hydrogen-bond acceptors (Lipinski definition) is 1. The molecule has 0 saturated heterocycles. The Morgan fingerprint density at radius 2 is 2.00 bits per heavy atom. The average Bonchev–Trinajstić information content (AvgIpc) is 2.34. The summed E-state index contributed by atoms with van der Waals surface area (Å²) in [5, 5.41) is 3.99. The molecule has 0 fully saturated rings. The molecule has 1 unspecified atom stereocenters. The first-order valence-electron chi connectivity index (χ1n) is 5.95. The molecule has 2 rings (SSSR count). The summed E-state index contributed by atoms with van der Waals surface area (Å²) in [4.78, 5) is 0. The van der Waals surface area contributed by atoms with Gasteiger partial charge >= 0.3 is 0 Å². The molecule has 0 spiro atoms. The van der Waals surface area contributed by atoms with Crippen molar-refractivity contribution in [3.8, 4) is 0 Å². The van der Waals surface area contributed by atoms with Gasteiger partial charge in [-0.3, -0.25) is 0 Å². The second-order valence-electron chi connectivity index (χ2n) is 4.44. The van der Waals surface area contributed by atoms with Crippen LogP contribution in [0.25, 0.3) is 0 Å². The zero-order chi connectivity index (χ0) is 14.0. The van der Waals surface area contributed by atoms with E-state index in [9.17, 15) is 4.39 Å². The Morgan fingerprint density at radius 1 is 1.26 bits per heavy atom. The van der Waals surface area contributed by atoms with Crippen molar-refractivity contribution in [1.29, 1.82) is 0 Å². The third-order valence-electron chi connectivity index (χ3n) is 3.07. The minimum atomic E-state index is -0.228. The lowest BCUT2D eigenvalue weighted by atomic mass is 10.1. The molecule has 2 aromatic carbocycles. The predicted molar refractivity (Wildman–Crippen MR) is 82.3 cm³/mol. The number of halogens is 3. The fourth-order valence-electron chi connectivity index (χ4n) is 1.93. The summed E-state index contributed by atoms with van der Waals surface area (Å²) < 4.78 is 14.6. The van der Waals surface area contributed by atoms with Gasteiger partial charge in [0.25, 0.3) is 0 Å². The van der Waals surface area contributed by atoms with Gasteiger partial charge in [0.1, 0.15) is 5.82 Å². The molecule has 0 aliphatic carbocycles. The van der Waals surface area contributed by atoms with E-state index in [0.29, 0.717) is 10.6 Å². The van der Waals surface area contributed by atoms with Crippen LogP contribution >= 0.6 is 27.5 Å². The highest BCUT2D eigenvalue weighted by molar-refractivity contribution is 9.10. The predicted octanol–water partition coefficient (Wildman–Crippen LogP) is 5.72. The SMILES string of the molecule is Cc1c(Cl)cccc1NC(C)c1ccc(Br)cc1F. The molecule has 0 bridgehead atoms. The van der Waals surface area contributed by atoms with E-state index < -0.39 is 0 Å². The summed E-state index contributed by atoms with van der Waals surface area (Å²) >= 11 is 9.33. The molecule has 2 aromatic rings. The maximum absolute atomic E-state index is 13.9. The van der Waals surface area contributed by atoms with Crippen LogP contribution in [0.5, 0.6) is 0 Å². The van der Waals surface area contributed by atoms with Crippen LogP contribution in [0, 0.1) is 12.7 Å². The highest BCUT2D eigenvalue weighted by Crippen LogP contribution is 2.28. The van der Waals surface area contributed by atoms with E-state index in [1.165, 1.54) is 6.07 Å². The largest absolute Gasteiger partial charge is 0.378 e. The third kappa shape index (κ3) is 3.28. The Balaban J connectivity index is 2.25. The van der Waals surface area contributed by atoms with Gasteiger partial charge in [-0.15, -0.1) is 0 Å². The lowest BCUT2D eigenvalue weighted by Gasteiger charge is -2.18. The van der Waals surface area contributed by atoms with Crippen molar-refractivity contribution >= 4 is 33.2 Å². The molecule has 1 nitrogen and oxygen atoms in total. The van der Waals surface area contributed by atoms with E-state index in [0.717, 1.165) is 15.7 Å². The summed E-state index contributed by atoms with van der Waals surface area (Å²) in [7, 11) is 0. The van der Waals surface area contributed by atoms with Crippen LogP contribution in [0.15, 0.2) is 40.9 Å². The van der Waals surface area contributed by atoms with Crippen LogP contribution in [-0.2, 0) is 0 Å². The molecule has 0 radical (unpaired) electrons. The first-order valence-corrected chi connectivity index (χ1v) is 7.12. The van der Waals surface area contributed by atoms with E-state index in [1.54, 1.807) is 6.07 Å². The molecule has 0 aromatic heterocycles. The maximum atomic E-state index is 13.9. The fraction of sp³-hybridized carbons (Fsp3) is 0.200. The van der Waals surface area contributed by atoms with Gasteiger partial charge in [-0.25, -0.2) is 4.39 Å². The molecule has 1 atom stereocenters. The molecule has 4 heteroatoms. The van der Waals surface area contributed by atoms with E-state index in [1.807, 2.05) is 38.1 Å². The van der Waals surface area contributed by atoms with Gasteiger partial charge in [0, 0.05) is 20.7 Å². The van der Waals surface area contributed by atoms with Gasteiger partial charge in [-0.1, -0.05) is 39.7 Å². The zero-order valence-corrected chi connectivity index (χ0v) is 13.0. The van der Waals surface area contributed by atoms with Crippen molar-refractivity contribution in [2.75, 3.05) is 5.32 Å². The van der Waals surface area contributed by atoms with Gasteiger partial charge in [-0.05, 0) is 43.7 Å². The topological polar surface area (TPSA) is 12.0 Å². The summed E-state index contributed by atoms with van der Waals surface area (Å²) in [6.07, 6.45) is 0. The van der Waals surface area contributed by atoms with E-state index in [-0.39, 0.29) is 11.9 Å². The van der Waals surface area contributed by atoms with Crippen LogP contribution in [0.3, 0.4) is 0 Å². The van der Waals surface area contributed by atoms with Crippen molar-refractivity contribution in [3.63, 3.8) is 0 Å². The summed E-state index contributed by atoms with van der Waals surface area (Å²) in [6.45, 7) is 3.86. The number of hydrogen-bond donors (Lipinski definition) is 1. The molecule has 0 heterocycles. The molecule has 100 valence electrons. The van der Waals surface area contributed by atoms with Crippen LogP contribution in [0.2, 0.25) is 5.02 Å². The summed E-state index contributed by atoms with van der Waals surface area (Å²) in [5.41, 5.74) is 2.51. The number of nitrogens with one attached hydrogen (secondary N) is 1. The molecular weight excluding hydrogens is 329 g/mol. The normalized spacial score (nSPS) is 12.3. The van der Waals surface area contributed by atoms with Crippen LogP contribution < -0.4 is 5.32 Å². The Kier molecular flexibility index (Phi) is 4.48. The van der Waals surface area contributed by atoms with Crippen LogP contribution in [-0.4, -0.2) is 0 Å². The van der Waals surface area contributed by atoms with Gasteiger partial charge in [0.05, 0.1) is 6.04 Å². The minimum absolute atomic E-state index is 0.134. The number of anilines is 1. The average molecular weight is 343 g/mol. The highest BCUT2D eigenvalue weighted by Gasteiger charge is 2.12. The number of rotatable bonds is 3. The second-order valence-corrected chi connectivity index (χ2v) is 5.77. The third-order valence-corrected chi connectivity index (χ3v) is 3.97. The van der Waals surface area contributed by atoms with Crippen LogP contribution in [0.4, 0.5) is 10.1 Å². The Morgan fingerprint density at radius 3 is 2.68 bits per heavy atom. The molecular formula is C15H14BrClFN. The lowest BCUT2D eigenvalue weighted by Crippen LogP contribution is -2.09. The second kappa shape index (κ2) is 5.93. The van der Waals surface area contributed by atoms with E-state index in [4.69, 9.17) is 11.6 Å². The molecule has 0 saturated carbocycles. The smallest absolute Gasteiger partial charge is 0.129 e. The quantitative estimate of drug-likeness (QED) is 0.752. The lowest BCUT2D eigenvalue weighted by molar-refractivity contribution is 0.599. The molecule has 0 amide bonds. The van der Waals surface area contributed by atoms with Crippen molar-refractivity contribution in [2.45, 2.75) is 19.9 Å². The standard InChI is InChI=1S/C15H14BrClFN/c1-9-13(17)4-3-5-15(9)19-10(2)12-7-6-11(16)8-14(12)18/h3-8,10,19H,1-2H3. The zero-order valence-electron chi connectivity index (χ0n) is 10.7. The van der Waals surface area contributed by atoms with Crippen LogP contribution in [0.1, 0.15) is 24.1 Å². The van der Waals surface area contributed by atoms with Crippen molar-refractivity contribution in [3.05, 3.63) is 62.8 Å². The Hall–Kier alpha value is -1.06. The van der Waals surface area contributed by atoms with Crippen molar-refractivity contribution < 1.29 is 4.39 Å². The van der Waals surface area contributed by atoms with E-state index >= 15 is 0 Å². The molecule has 0 aliphatic rings. The van der Waals surface area contributed by atoms with Gasteiger partial charge in [-0.2, -0.15) is 0 Å². The number of benzene rings is 2. The first kappa shape index (κ1) is 14.4. The molecule has 0 aliphatic heterocycles. The Bertz CT molecular complexity index is 601.